The number of aryl methyl sites for hydroxylation is 2. The molecule has 0 atom stereocenters. The summed E-state index contributed by atoms with van der Waals surface area (Å²) in [6.45, 7) is 4.81. The maximum absolute atomic E-state index is 4.00. The van der Waals surface area contributed by atoms with Gasteiger partial charge < -0.3 is 9.88 Å². The molecule has 6 nitrogen and oxygen atoms in total. The van der Waals surface area contributed by atoms with E-state index in [4.69, 9.17) is 0 Å². The molecular weight excluding hydrogens is 368 g/mol. The van der Waals surface area contributed by atoms with Crippen LogP contribution >= 0.6 is 11.8 Å². The number of rotatable bonds is 8. The number of benzene rings is 2. The minimum atomic E-state index is 0.844. The van der Waals surface area contributed by atoms with E-state index in [1.54, 1.807) is 16.4 Å². The van der Waals surface area contributed by atoms with Gasteiger partial charge in [0.25, 0.3) is 0 Å². The summed E-state index contributed by atoms with van der Waals surface area (Å²) < 4.78 is 4.05. The molecule has 0 fully saturated rings. The molecule has 0 saturated carbocycles. The standard InChI is InChI=1S/C21H24N6S/c1-16-7-3-4-8-17(16)14-27-15-18(19-9-5-6-10-20(19)27)13-22-11-12-28-21-23-24-25-26(21)2/h3-10,15,22H,11-14H2,1-2H3. The molecule has 1 N–H and O–H groups in total. The molecular formula is C21H24N6S. The third kappa shape index (κ3) is 4.10. The highest BCUT2D eigenvalue weighted by Gasteiger charge is 2.09. The molecule has 0 aliphatic rings. The Hall–Kier alpha value is -2.64. The molecule has 0 amide bonds. The lowest BCUT2D eigenvalue weighted by Gasteiger charge is -2.08. The van der Waals surface area contributed by atoms with Crippen molar-refractivity contribution >= 4 is 22.7 Å². The number of fused-ring (bicyclic) bond motifs is 1. The summed E-state index contributed by atoms with van der Waals surface area (Å²) in [5.41, 5.74) is 5.29. The van der Waals surface area contributed by atoms with Crippen molar-refractivity contribution < 1.29 is 0 Å². The van der Waals surface area contributed by atoms with Gasteiger partial charge in [-0.2, -0.15) is 0 Å². The lowest BCUT2D eigenvalue weighted by atomic mass is 10.1. The van der Waals surface area contributed by atoms with Gasteiger partial charge in [-0.05, 0) is 40.1 Å². The molecule has 2 aromatic heterocycles. The van der Waals surface area contributed by atoms with Crippen LogP contribution in [0.25, 0.3) is 10.9 Å². The van der Waals surface area contributed by atoms with Crippen molar-refractivity contribution in [1.82, 2.24) is 30.1 Å². The van der Waals surface area contributed by atoms with Crippen molar-refractivity contribution in [2.75, 3.05) is 12.3 Å². The summed E-state index contributed by atoms with van der Waals surface area (Å²) >= 11 is 1.66. The molecule has 144 valence electrons. The van der Waals surface area contributed by atoms with Crippen molar-refractivity contribution in [2.24, 2.45) is 7.05 Å². The molecule has 0 spiro atoms. The van der Waals surface area contributed by atoms with Crippen molar-refractivity contribution in [2.45, 2.75) is 25.2 Å². The van der Waals surface area contributed by atoms with E-state index < -0.39 is 0 Å². The third-order valence-electron chi connectivity index (χ3n) is 4.88. The molecule has 0 bridgehead atoms. The van der Waals surface area contributed by atoms with Gasteiger partial charge in [-0.1, -0.05) is 54.2 Å². The Bertz CT molecular complexity index is 1070. The first kappa shape index (κ1) is 18.7. The van der Waals surface area contributed by atoms with Crippen molar-refractivity contribution in [3.8, 4) is 0 Å². The average Bonchev–Trinajstić information content (AvgIpc) is 3.27. The second-order valence-electron chi connectivity index (χ2n) is 6.84. The van der Waals surface area contributed by atoms with Gasteiger partial charge in [0.05, 0.1) is 0 Å². The summed E-state index contributed by atoms with van der Waals surface area (Å²) in [7, 11) is 1.86. The largest absolute Gasteiger partial charge is 0.343 e. The van der Waals surface area contributed by atoms with Crippen LogP contribution < -0.4 is 5.32 Å². The highest BCUT2D eigenvalue weighted by Crippen LogP contribution is 2.23. The number of thioether (sulfide) groups is 1. The Morgan fingerprint density at radius 2 is 1.86 bits per heavy atom. The minimum absolute atomic E-state index is 0.844. The van der Waals surface area contributed by atoms with Gasteiger partial charge in [0.2, 0.25) is 5.16 Å². The molecule has 28 heavy (non-hydrogen) atoms. The normalized spacial score (nSPS) is 11.4. The highest BCUT2D eigenvalue weighted by molar-refractivity contribution is 7.99. The van der Waals surface area contributed by atoms with Crippen molar-refractivity contribution in [3.63, 3.8) is 0 Å². The number of tetrazole rings is 1. The predicted octanol–water partition coefficient (Wildman–Crippen LogP) is 3.40. The number of nitrogens with one attached hydrogen (secondary N) is 1. The van der Waals surface area contributed by atoms with Crippen LogP contribution in [-0.2, 0) is 20.1 Å². The number of hydrogen-bond acceptors (Lipinski definition) is 5. The van der Waals surface area contributed by atoms with Gasteiger partial charge in [-0.15, -0.1) is 5.10 Å². The Balaban J connectivity index is 1.42. The number of hydrogen-bond donors (Lipinski definition) is 1. The molecule has 0 unspecified atom stereocenters. The van der Waals surface area contributed by atoms with Crippen LogP contribution in [0, 0.1) is 6.92 Å². The van der Waals surface area contributed by atoms with E-state index in [2.05, 4.69) is 87.1 Å². The quantitative estimate of drug-likeness (QED) is 0.368. The zero-order valence-electron chi connectivity index (χ0n) is 16.2. The smallest absolute Gasteiger partial charge is 0.209 e. The molecule has 4 aromatic rings. The minimum Gasteiger partial charge on any atom is -0.343 e. The Morgan fingerprint density at radius 3 is 2.68 bits per heavy atom. The van der Waals surface area contributed by atoms with Crippen LogP contribution in [0.15, 0.2) is 59.9 Å². The van der Waals surface area contributed by atoms with Gasteiger partial charge in [-0.3, -0.25) is 0 Å². The summed E-state index contributed by atoms with van der Waals surface area (Å²) in [5.74, 6) is 0.927. The molecule has 0 saturated heterocycles. The summed E-state index contributed by atoms with van der Waals surface area (Å²) in [4.78, 5) is 0. The average molecular weight is 393 g/mol. The number of para-hydroxylation sites is 1. The number of aromatic nitrogens is 5. The predicted molar refractivity (Wildman–Crippen MR) is 113 cm³/mol. The molecule has 2 heterocycles. The summed E-state index contributed by atoms with van der Waals surface area (Å²) in [6.07, 6.45) is 2.28. The van der Waals surface area contributed by atoms with E-state index in [-0.39, 0.29) is 0 Å². The molecule has 4 rings (SSSR count). The van der Waals surface area contributed by atoms with Crippen LogP contribution in [0.5, 0.6) is 0 Å². The second kappa shape index (κ2) is 8.58. The SMILES string of the molecule is Cc1ccccc1Cn1cc(CNCCSc2nnnn2C)c2ccccc21. The first-order valence-corrected chi connectivity index (χ1v) is 10.4. The topological polar surface area (TPSA) is 60.6 Å². The van der Waals surface area contributed by atoms with Gasteiger partial charge in [0.1, 0.15) is 0 Å². The fourth-order valence-electron chi connectivity index (χ4n) is 3.35. The fraction of sp³-hybridized carbons (Fsp3) is 0.286. The van der Waals surface area contributed by atoms with Crippen molar-refractivity contribution in [3.05, 3.63) is 71.4 Å². The molecule has 0 aliphatic heterocycles. The Morgan fingerprint density at radius 1 is 1.04 bits per heavy atom. The zero-order valence-corrected chi connectivity index (χ0v) is 17.0. The van der Waals surface area contributed by atoms with Crippen molar-refractivity contribution in [1.29, 1.82) is 0 Å². The molecule has 7 heteroatoms. The highest BCUT2D eigenvalue weighted by atomic mass is 32.2. The van der Waals surface area contributed by atoms with Crippen LogP contribution in [0.2, 0.25) is 0 Å². The molecule has 0 radical (unpaired) electrons. The van der Waals surface area contributed by atoms with E-state index in [1.807, 2.05) is 7.05 Å². The van der Waals surface area contributed by atoms with Crippen LogP contribution in [0.1, 0.15) is 16.7 Å². The van der Waals surface area contributed by atoms with Gasteiger partial charge in [0, 0.05) is 49.5 Å². The zero-order chi connectivity index (χ0) is 19.3. The fourth-order valence-corrected chi connectivity index (χ4v) is 4.09. The van der Waals surface area contributed by atoms with E-state index in [0.717, 1.165) is 30.5 Å². The number of nitrogens with zero attached hydrogens (tertiary/aromatic N) is 5. The van der Waals surface area contributed by atoms with E-state index in [9.17, 15) is 0 Å². The lowest BCUT2D eigenvalue weighted by molar-refractivity contribution is 0.663. The van der Waals surface area contributed by atoms with Gasteiger partial charge in [-0.25, -0.2) is 4.68 Å². The Kier molecular flexibility index (Phi) is 5.73. The third-order valence-corrected chi connectivity index (χ3v) is 5.89. The van der Waals surface area contributed by atoms with Crippen LogP contribution in [0.4, 0.5) is 0 Å². The van der Waals surface area contributed by atoms with E-state index in [0.29, 0.717) is 0 Å². The first-order valence-electron chi connectivity index (χ1n) is 9.39. The van der Waals surface area contributed by atoms with E-state index >= 15 is 0 Å². The van der Waals surface area contributed by atoms with Crippen LogP contribution in [0.3, 0.4) is 0 Å². The summed E-state index contributed by atoms with van der Waals surface area (Å²) in [6, 6.07) is 17.2. The molecule has 0 aliphatic carbocycles. The van der Waals surface area contributed by atoms with E-state index in [1.165, 1.54) is 27.6 Å². The summed E-state index contributed by atoms with van der Waals surface area (Å²) in [5, 5.41) is 17.2. The maximum atomic E-state index is 4.00. The first-order chi connectivity index (χ1) is 13.7. The van der Waals surface area contributed by atoms with Crippen LogP contribution in [-0.4, -0.2) is 37.1 Å². The second-order valence-corrected chi connectivity index (χ2v) is 7.90. The molecule has 2 aromatic carbocycles. The maximum Gasteiger partial charge on any atom is 0.209 e. The lowest BCUT2D eigenvalue weighted by Crippen LogP contribution is -2.16. The monoisotopic (exact) mass is 392 g/mol. The van der Waals surface area contributed by atoms with Gasteiger partial charge >= 0.3 is 0 Å². The van der Waals surface area contributed by atoms with Gasteiger partial charge in [0.15, 0.2) is 0 Å². The Labute approximate surface area is 168 Å².